The molecule has 39 heavy (non-hydrogen) atoms. The van der Waals surface area contributed by atoms with Gasteiger partial charge in [-0.05, 0) is 43.5 Å². The first-order valence-electron chi connectivity index (χ1n) is 13.2. The molecule has 10 heteroatoms. The van der Waals surface area contributed by atoms with E-state index in [1.807, 2.05) is 42.1 Å². The number of pyridine rings is 2. The summed E-state index contributed by atoms with van der Waals surface area (Å²) in [5.41, 5.74) is 7.56. The number of anilines is 1. The maximum Gasteiger partial charge on any atom is 0.227 e. The first kappa shape index (κ1) is 23.3. The Bertz CT molecular complexity index is 1820. The Balaban J connectivity index is 1.22. The van der Waals surface area contributed by atoms with E-state index in [0.717, 1.165) is 70.1 Å². The Kier molecular flexibility index (Phi) is 5.65. The van der Waals surface area contributed by atoms with E-state index in [1.165, 1.54) is 6.42 Å². The Hall–Kier alpha value is -4.86. The second kappa shape index (κ2) is 9.46. The third-order valence-electron chi connectivity index (χ3n) is 7.47. The van der Waals surface area contributed by atoms with Crippen LogP contribution in [0.25, 0.3) is 50.3 Å². The van der Waals surface area contributed by atoms with Crippen LogP contribution >= 0.6 is 0 Å². The highest BCUT2D eigenvalue weighted by atomic mass is 16.1. The number of hydrogen-bond donors (Lipinski definition) is 3. The molecule has 0 aliphatic heterocycles. The van der Waals surface area contributed by atoms with Crippen LogP contribution in [-0.4, -0.2) is 45.6 Å². The van der Waals surface area contributed by atoms with Crippen molar-refractivity contribution >= 4 is 33.5 Å². The van der Waals surface area contributed by atoms with E-state index in [1.54, 1.807) is 24.9 Å². The Morgan fingerprint density at radius 1 is 1.00 bits per heavy atom. The standard InChI is InChI=1S/C29H27N9O/c1-17-15-38(16-32-17)25-14-31-13-24-27(25)35-28(34-24)26-22-10-19(7-8-23(22)36-37-26)20-9-21(12-30-11-20)33-29(39)18-5-3-2-4-6-18/h7-16,18H,2-6H2,1H3,(H,33,39)(H,34,35)(H,36,37). The van der Waals surface area contributed by atoms with E-state index < -0.39 is 0 Å². The van der Waals surface area contributed by atoms with Crippen molar-refractivity contribution in [2.75, 3.05) is 5.32 Å². The Labute approximate surface area is 223 Å². The molecule has 0 saturated heterocycles. The quantitative estimate of drug-likeness (QED) is 0.274. The van der Waals surface area contributed by atoms with E-state index in [0.29, 0.717) is 17.2 Å². The maximum atomic E-state index is 12.8. The predicted molar refractivity (Wildman–Crippen MR) is 149 cm³/mol. The minimum Gasteiger partial charge on any atom is -0.335 e. The fourth-order valence-corrected chi connectivity index (χ4v) is 5.42. The van der Waals surface area contributed by atoms with Crippen LogP contribution in [-0.2, 0) is 4.79 Å². The fourth-order valence-electron chi connectivity index (χ4n) is 5.42. The molecule has 1 aliphatic carbocycles. The molecule has 0 atom stereocenters. The SMILES string of the molecule is Cc1cn(-c2cncc3[nH]c(-c4n[nH]c5ccc(-c6cncc(NC(=O)C7CCCCC7)c6)cc45)nc23)cn1. The lowest BCUT2D eigenvalue weighted by Gasteiger charge is -2.20. The number of nitrogens with zero attached hydrogens (tertiary/aromatic N) is 6. The molecule has 6 aromatic rings. The third kappa shape index (κ3) is 4.33. The lowest BCUT2D eigenvalue weighted by molar-refractivity contribution is -0.120. The molecule has 3 N–H and O–H groups in total. The number of aromatic nitrogens is 8. The van der Waals surface area contributed by atoms with Gasteiger partial charge < -0.3 is 14.9 Å². The second-order valence-electron chi connectivity index (χ2n) is 10.2. The monoisotopic (exact) mass is 517 g/mol. The van der Waals surface area contributed by atoms with E-state index in [9.17, 15) is 4.79 Å². The van der Waals surface area contributed by atoms with Crippen molar-refractivity contribution < 1.29 is 4.79 Å². The van der Waals surface area contributed by atoms with Crippen LogP contribution in [0.5, 0.6) is 0 Å². The van der Waals surface area contributed by atoms with Gasteiger partial charge in [0.05, 0.1) is 53.0 Å². The van der Waals surface area contributed by atoms with Gasteiger partial charge in [0.1, 0.15) is 11.2 Å². The van der Waals surface area contributed by atoms with Crippen LogP contribution in [0.3, 0.4) is 0 Å². The topological polar surface area (TPSA) is 130 Å². The molecule has 1 amide bonds. The van der Waals surface area contributed by atoms with Crippen LogP contribution in [0.4, 0.5) is 5.69 Å². The number of fused-ring (bicyclic) bond motifs is 2. The van der Waals surface area contributed by atoms with Crippen molar-refractivity contribution in [2.45, 2.75) is 39.0 Å². The van der Waals surface area contributed by atoms with Gasteiger partial charge in [-0.3, -0.25) is 19.9 Å². The summed E-state index contributed by atoms with van der Waals surface area (Å²) in [7, 11) is 0. The van der Waals surface area contributed by atoms with E-state index in [-0.39, 0.29) is 11.8 Å². The molecular formula is C29H27N9O. The number of amides is 1. The lowest BCUT2D eigenvalue weighted by Crippen LogP contribution is -2.24. The number of carbonyl (C=O) groups is 1. The van der Waals surface area contributed by atoms with Gasteiger partial charge in [0.2, 0.25) is 5.91 Å². The van der Waals surface area contributed by atoms with Gasteiger partial charge in [0.25, 0.3) is 0 Å². The summed E-state index contributed by atoms with van der Waals surface area (Å²) in [4.78, 5) is 34.2. The smallest absolute Gasteiger partial charge is 0.227 e. The van der Waals surface area contributed by atoms with Gasteiger partial charge in [0, 0.05) is 29.3 Å². The van der Waals surface area contributed by atoms with Crippen molar-refractivity contribution in [2.24, 2.45) is 5.92 Å². The van der Waals surface area contributed by atoms with Crippen LogP contribution < -0.4 is 5.32 Å². The Morgan fingerprint density at radius 2 is 1.87 bits per heavy atom. The van der Waals surface area contributed by atoms with E-state index in [2.05, 4.69) is 41.5 Å². The third-order valence-corrected chi connectivity index (χ3v) is 7.47. The summed E-state index contributed by atoms with van der Waals surface area (Å²) in [6.07, 6.45) is 16.1. The largest absolute Gasteiger partial charge is 0.335 e. The molecule has 10 nitrogen and oxygen atoms in total. The van der Waals surface area contributed by atoms with E-state index in [4.69, 9.17) is 4.98 Å². The molecule has 1 aromatic carbocycles. The molecule has 0 radical (unpaired) electrons. The molecule has 5 aromatic heterocycles. The summed E-state index contributed by atoms with van der Waals surface area (Å²) in [5.74, 6) is 0.821. The zero-order valence-electron chi connectivity index (χ0n) is 21.5. The summed E-state index contributed by atoms with van der Waals surface area (Å²) in [6, 6.07) is 8.07. The number of aryl methyl sites for hydroxylation is 1. The second-order valence-corrected chi connectivity index (χ2v) is 10.2. The number of rotatable bonds is 5. The summed E-state index contributed by atoms with van der Waals surface area (Å²) >= 11 is 0. The van der Waals surface area contributed by atoms with Crippen molar-refractivity contribution in [3.63, 3.8) is 0 Å². The van der Waals surface area contributed by atoms with Crippen molar-refractivity contribution in [1.29, 1.82) is 0 Å². The van der Waals surface area contributed by atoms with Gasteiger partial charge in [-0.25, -0.2) is 9.97 Å². The molecule has 0 bridgehead atoms. The van der Waals surface area contributed by atoms with Crippen LogP contribution in [0.1, 0.15) is 37.8 Å². The maximum absolute atomic E-state index is 12.8. The normalized spacial score (nSPS) is 14.3. The average Bonchev–Trinajstić information content (AvgIpc) is 3.71. The Morgan fingerprint density at radius 3 is 2.72 bits per heavy atom. The lowest BCUT2D eigenvalue weighted by atomic mass is 9.88. The number of hydrogen-bond acceptors (Lipinski definition) is 6. The fraction of sp³-hybridized carbons (Fsp3) is 0.241. The van der Waals surface area contributed by atoms with E-state index >= 15 is 0 Å². The molecule has 0 spiro atoms. The number of benzene rings is 1. The van der Waals surface area contributed by atoms with Gasteiger partial charge >= 0.3 is 0 Å². The molecule has 0 unspecified atom stereocenters. The highest BCUT2D eigenvalue weighted by molar-refractivity contribution is 5.97. The zero-order valence-corrected chi connectivity index (χ0v) is 21.5. The highest BCUT2D eigenvalue weighted by Crippen LogP contribution is 2.32. The number of imidazole rings is 2. The molecule has 5 heterocycles. The number of nitrogens with one attached hydrogen (secondary N) is 3. The van der Waals surface area contributed by atoms with Crippen molar-refractivity contribution in [1.82, 2.24) is 39.7 Å². The van der Waals surface area contributed by atoms with Gasteiger partial charge in [-0.1, -0.05) is 25.3 Å². The molecule has 7 rings (SSSR count). The molecular weight excluding hydrogens is 490 g/mol. The van der Waals surface area contributed by atoms with Gasteiger partial charge in [-0.2, -0.15) is 5.10 Å². The number of H-pyrrole nitrogens is 2. The minimum absolute atomic E-state index is 0.0876. The van der Waals surface area contributed by atoms with Crippen LogP contribution in [0.15, 0.2) is 61.6 Å². The summed E-state index contributed by atoms with van der Waals surface area (Å²) < 4.78 is 1.92. The minimum atomic E-state index is 0.0876. The molecule has 194 valence electrons. The highest BCUT2D eigenvalue weighted by Gasteiger charge is 2.21. The average molecular weight is 518 g/mol. The molecule has 1 aliphatic rings. The first-order valence-corrected chi connectivity index (χ1v) is 13.2. The summed E-state index contributed by atoms with van der Waals surface area (Å²) in [5, 5.41) is 11.7. The molecule has 1 saturated carbocycles. The number of carbonyl (C=O) groups excluding carboxylic acids is 1. The predicted octanol–water partition coefficient (Wildman–Crippen LogP) is 5.58. The van der Waals surface area contributed by atoms with Gasteiger partial charge in [0.15, 0.2) is 5.82 Å². The zero-order chi connectivity index (χ0) is 26.3. The number of aromatic amines is 2. The van der Waals surface area contributed by atoms with Gasteiger partial charge in [-0.15, -0.1) is 0 Å². The van der Waals surface area contributed by atoms with Crippen LogP contribution in [0, 0.1) is 12.8 Å². The summed E-state index contributed by atoms with van der Waals surface area (Å²) in [6.45, 7) is 1.95. The first-order chi connectivity index (χ1) is 19.1. The van der Waals surface area contributed by atoms with Crippen LogP contribution in [0.2, 0.25) is 0 Å². The van der Waals surface area contributed by atoms with Crippen molar-refractivity contribution in [3.8, 4) is 28.3 Å². The van der Waals surface area contributed by atoms with Crippen molar-refractivity contribution in [3.05, 3.63) is 67.3 Å². The molecule has 1 fully saturated rings.